The molecule has 4 heterocycles. The summed E-state index contributed by atoms with van der Waals surface area (Å²) in [5.41, 5.74) is 1.98. The SMILES string of the molecule is CC(O)(C#Cc1ccc(N2CCC[C@@H](C#N)C2)c(Nc2ncnc3[nH]ccc23)c1)c1nccs1. The third kappa shape index (κ3) is 4.44. The number of benzene rings is 1. The molecule has 170 valence electrons. The molecular formula is C25H23N7OS. The van der Waals surface area contributed by atoms with Gasteiger partial charge in [-0.3, -0.25) is 0 Å². The Balaban J connectivity index is 1.53. The van der Waals surface area contributed by atoms with Gasteiger partial charge in [0, 0.05) is 36.4 Å². The smallest absolute Gasteiger partial charge is 0.174 e. The van der Waals surface area contributed by atoms with E-state index in [0.29, 0.717) is 17.4 Å². The summed E-state index contributed by atoms with van der Waals surface area (Å²) in [6, 6.07) is 10.2. The van der Waals surface area contributed by atoms with E-state index >= 15 is 0 Å². The first kappa shape index (κ1) is 21.9. The fraction of sp³-hybridized carbons (Fsp3) is 0.280. The zero-order chi connectivity index (χ0) is 23.5. The van der Waals surface area contributed by atoms with E-state index in [1.54, 1.807) is 13.1 Å². The zero-order valence-corrected chi connectivity index (χ0v) is 19.4. The quantitative estimate of drug-likeness (QED) is 0.385. The summed E-state index contributed by atoms with van der Waals surface area (Å²) in [7, 11) is 0. The molecule has 1 aliphatic rings. The molecule has 3 N–H and O–H groups in total. The van der Waals surface area contributed by atoms with Crippen LogP contribution in [0.15, 0.2) is 48.4 Å². The third-order valence-electron chi connectivity index (χ3n) is 5.85. The summed E-state index contributed by atoms with van der Waals surface area (Å²) in [4.78, 5) is 18.2. The first-order valence-corrected chi connectivity index (χ1v) is 11.9. The molecule has 0 bridgehead atoms. The highest BCUT2D eigenvalue weighted by Gasteiger charge is 2.24. The van der Waals surface area contributed by atoms with Crippen LogP contribution >= 0.6 is 11.3 Å². The standard InChI is InChI=1S/C25H23N7OS/c1-25(33,24-28-10-12-34-24)8-6-17-4-5-21(32-11-2-3-18(14-26)15-32)20(13-17)31-23-19-7-9-27-22(19)29-16-30-23/h4-5,7,9-10,12-13,16,18,33H,2-3,11,15H2,1H3,(H2,27,29,30,31)/t18-,25?/m0/s1. The first-order chi connectivity index (χ1) is 16.5. The number of anilines is 3. The number of H-pyrrole nitrogens is 1. The van der Waals surface area contributed by atoms with Crippen LogP contribution in [0.5, 0.6) is 0 Å². The highest BCUT2D eigenvalue weighted by molar-refractivity contribution is 7.09. The van der Waals surface area contributed by atoms with Gasteiger partial charge in [-0.25, -0.2) is 15.0 Å². The molecule has 1 aromatic carbocycles. The first-order valence-electron chi connectivity index (χ1n) is 11.0. The van der Waals surface area contributed by atoms with E-state index in [9.17, 15) is 10.4 Å². The van der Waals surface area contributed by atoms with Crippen molar-refractivity contribution in [2.45, 2.75) is 25.4 Å². The van der Waals surface area contributed by atoms with Crippen LogP contribution in [0.2, 0.25) is 0 Å². The van der Waals surface area contributed by atoms with Crippen LogP contribution in [0.25, 0.3) is 11.0 Å². The third-order valence-corrected chi connectivity index (χ3v) is 6.83. The highest BCUT2D eigenvalue weighted by Crippen LogP contribution is 2.34. The van der Waals surface area contributed by atoms with E-state index in [-0.39, 0.29) is 5.92 Å². The second-order valence-electron chi connectivity index (χ2n) is 8.39. The number of aliphatic hydroxyl groups is 1. The Hall–Kier alpha value is -3.92. The van der Waals surface area contributed by atoms with Gasteiger partial charge in [0.2, 0.25) is 0 Å². The number of nitrogens with zero attached hydrogens (tertiary/aromatic N) is 5. The Bertz CT molecular complexity index is 1410. The lowest BCUT2D eigenvalue weighted by Gasteiger charge is -2.33. The molecule has 1 aliphatic heterocycles. The Morgan fingerprint density at radius 1 is 1.29 bits per heavy atom. The molecule has 1 unspecified atom stereocenters. The van der Waals surface area contributed by atoms with E-state index in [2.05, 4.69) is 48.1 Å². The molecule has 0 amide bonds. The number of rotatable bonds is 4. The number of hydrogen-bond acceptors (Lipinski definition) is 8. The molecule has 4 aromatic rings. The maximum Gasteiger partial charge on any atom is 0.174 e. The molecule has 5 rings (SSSR count). The summed E-state index contributed by atoms with van der Waals surface area (Å²) < 4.78 is 0. The molecular weight excluding hydrogens is 446 g/mol. The van der Waals surface area contributed by atoms with Gasteiger partial charge in [0.25, 0.3) is 0 Å². The number of thiazole rings is 1. The van der Waals surface area contributed by atoms with E-state index < -0.39 is 5.60 Å². The average molecular weight is 470 g/mol. The Morgan fingerprint density at radius 2 is 2.21 bits per heavy atom. The second-order valence-corrected chi connectivity index (χ2v) is 9.29. The van der Waals surface area contributed by atoms with Crippen LogP contribution in [0.3, 0.4) is 0 Å². The van der Waals surface area contributed by atoms with Crippen molar-refractivity contribution in [3.8, 4) is 17.9 Å². The van der Waals surface area contributed by atoms with Gasteiger partial charge in [-0.05, 0) is 44.0 Å². The van der Waals surface area contributed by atoms with Gasteiger partial charge in [-0.2, -0.15) is 5.26 Å². The molecule has 3 aromatic heterocycles. The predicted molar refractivity (Wildman–Crippen MR) is 133 cm³/mol. The minimum atomic E-state index is -1.34. The van der Waals surface area contributed by atoms with Crippen molar-refractivity contribution in [3.05, 3.63) is 58.9 Å². The zero-order valence-electron chi connectivity index (χ0n) is 18.6. The molecule has 9 heteroatoms. The molecule has 1 fully saturated rings. The molecule has 1 saturated heterocycles. The van der Waals surface area contributed by atoms with Crippen molar-refractivity contribution in [1.82, 2.24) is 19.9 Å². The normalized spacial score (nSPS) is 17.4. The average Bonchev–Trinajstić information content (AvgIpc) is 3.56. The van der Waals surface area contributed by atoms with Gasteiger partial charge in [0.15, 0.2) is 5.60 Å². The van der Waals surface area contributed by atoms with Gasteiger partial charge in [0.1, 0.15) is 22.8 Å². The topological polar surface area (TPSA) is 114 Å². The summed E-state index contributed by atoms with van der Waals surface area (Å²) in [5.74, 6) is 6.73. The van der Waals surface area contributed by atoms with E-state index in [0.717, 1.165) is 47.4 Å². The van der Waals surface area contributed by atoms with Gasteiger partial charge in [0.05, 0.1) is 28.7 Å². The van der Waals surface area contributed by atoms with Gasteiger partial charge >= 0.3 is 0 Å². The molecule has 0 radical (unpaired) electrons. The van der Waals surface area contributed by atoms with Crippen molar-refractivity contribution in [3.63, 3.8) is 0 Å². The summed E-state index contributed by atoms with van der Waals surface area (Å²) >= 11 is 1.37. The number of piperidine rings is 1. The van der Waals surface area contributed by atoms with Crippen LogP contribution in [0.4, 0.5) is 17.2 Å². The number of fused-ring (bicyclic) bond motifs is 1. The number of nitriles is 1. The monoisotopic (exact) mass is 469 g/mol. The molecule has 8 nitrogen and oxygen atoms in total. The summed E-state index contributed by atoms with van der Waals surface area (Å²) in [6.45, 7) is 3.20. The van der Waals surface area contributed by atoms with E-state index in [1.807, 2.05) is 35.8 Å². The largest absolute Gasteiger partial charge is 0.371 e. The van der Waals surface area contributed by atoms with Crippen molar-refractivity contribution in [1.29, 1.82) is 5.26 Å². The molecule has 0 aliphatic carbocycles. The van der Waals surface area contributed by atoms with Crippen LogP contribution in [0.1, 0.15) is 30.3 Å². The number of aromatic amines is 1. The van der Waals surface area contributed by atoms with Crippen LogP contribution < -0.4 is 10.2 Å². The number of nitrogens with one attached hydrogen (secondary N) is 2. The molecule has 0 saturated carbocycles. The minimum Gasteiger partial charge on any atom is -0.371 e. The minimum absolute atomic E-state index is 0.00453. The van der Waals surface area contributed by atoms with E-state index in [1.165, 1.54) is 17.7 Å². The van der Waals surface area contributed by atoms with Gasteiger partial charge in [-0.15, -0.1) is 11.3 Å². The fourth-order valence-electron chi connectivity index (χ4n) is 4.10. The lowest BCUT2D eigenvalue weighted by Crippen LogP contribution is -2.35. The Morgan fingerprint density at radius 3 is 3.03 bits per heavy atom. The van der Waals surface area contributed by atoms with Crippen LogP contribution in [-0.4, -0.2) is 38.1 Å². The van der Waals surface area contributed by atoms with Crippen molar-refractivity contribution in [2.24, 2.45) is 5.92 Å². The van der Waals surface area contributed by atoms with Gasteiger partial charge in [-0.1, -0.05) is 11.8 Å². The molecule has 2 atom stereocenters. The van der Waals surface area contributed by atoms with Gasteiger partial charge < -0.3 is 20.3 Å². The van der Waals surface area contributed by atoms with Crippen molar-refractivity contribution >= 4 is 39.6 Å². The maximum atomic E-state index is 10.7. The van der Waals surface area contributed by atoms with Crippen LogP contribution in [-0.2, 0) is 5.60 Å². The van der Waals surface area contributed by atoms with Crippen molar-refractivity contribution < 1.29 is 5.11 Å². The summed E-state index contributed by atoms with van der Waals surface area (Å²) in [6.07, 6.45) is 6.88. The molecule has 34 heavy (non-hydrogen) atoms. The number of aromatic nitrogens is 4. The number of hydrogen-bond donors (Lipinski definition) is 3. The summed E-state index contributed by atoms with van der Waals surface area (Å²) in [5, 5.41) is 26.9. The highest BCUT2D eigenvalue weighted by atomic mass is 32.1. The lowest BCUT2D eigenvalue weighted by molar-refractivity contribution is 0.122. The van der Waals surface area contributed by atoms with E-state index in [4.69, 9.17) is 0 Å². The lowest BCUT2D eigenvalue weighted by atomic mass is 9.98. The van der Waals surface area contributed by atoms with Crippen molar-refractivity contribution in [2.75, 3.05) is 23.3 Å². The maximum absolute atomic E-state index is 10.7. The fourth-order valence-corrected chi connectivity index (χ4v) is 4.75. The predicted octanol–water partition coefficient (Wildman–Crippen LogP) is 4.16. The van der Waals surface area contributed by atoms with Crippen LogP contribution in [0, 0.1) is 29.1 Å². The Labute approximate surface area is 201 Å². The Kier molecular flexibility index (Phi) is 5.89. The molecule has 0 spiro atoms. The second kappa shape index (κ2) is 9.14.